The van der Waals surface area contributed by atoms with E-state index in [4.69, 9.17) is 11.6 Å². The van der Waals surface area contributed by atoms with Crippen molar-refractivity contribution in [3.8, 4) is 0 Å². The van der Waals surface area contributed by atoms with Crippen LogP contribution in [-0.2, 0) is 6.54 Å². The molecule has 4 nitrogen and oxygen atoms in total. The Labute approximate surface area is 118 Å². The quantitative estimate of drug-likeness (QED) is 0.693. The molecule has 6 heteroatoms. The molecule has 0 aliphatic rings. The second-order valence-electron chi connectivity index (χ2n) is 4.43. The summed E-state index contributed by atoms with van der Waals surface area (Å²) in [5, 5.41) is 3.59. The number of halogens is 2. The Morgan fingerprint density at radius 2 is 1.90 bits per heavy atom. The van der Waals surface area contributed by atoms with Crippen LogP contribution in [0.4, 0.5) is 10.1 Å². The van der Waals surface area contributed by atoms with E-state index in [1.54, 1.807) is 18.2 Å². The Kier molecular flexibility index (Phi) is 3.20. The maximum Gasteiger partial charge on any atom is 0.323 e. The van der Waals surface area contributed by atoms with Gasteiger partial charge in [0.1, 0.15) is 5.82 Å². The highest BCUT2D eigenvalue weighted by Crippen LogP contribution is 2.18. The first-order valence-corrected chi connectivity index (χ1v) is 6.39. The van der Waals surface area contributed by atoms with E-state index in [1.807, 2.05) is 6.07 Å². The lowest BCUT2D eigenvalue weighted by Gasteiger charge is -2.08. The average molecular weight is 292 g/mol. The number of anilines is 1. The van der Waals surface area contributed by atoms with Crippen LogP contribution in [-0.4, -0.2) is 9.97 Å². The molecule has 1 heterocycles. The predicted molar refractivity (Wildman–Crippen MR) is 77.7 cm³/mol. The predicted octanol–water partition coefficient (Wildman–Crippen LogP) is 3.26. The molecule has 102 valence electrons. The smallest absolute Gasteiger partial charge is 0.323 e. The van der Waals surface area contributed by atoms with Gasteiger partial charge in [0.25, 0.3) is 0 Å². The third-order valence-corrected chi connectivity index (χ3v) is 3.24. The number of nitrogens with one attached hydrogen (secondary N) is 3. The molecule has 0 spiro atoms. The molecule has 3 rings (SSSR count). The Bertz CT molecular complexity index is 825. The molecule has 0 atom stereocenters. The second kappa shape index (κ2) is 5.02. The van der Waals surface area contributed by atoms with E-state index in [0.717, 1.165) is 11.2 Å². The number of aromatic nitrogens is 2. The molecule has 0 aliphatic carbocycles. The summed E-state index contributed by atoms with van der Waals surface area (Å²) in [5.74, 6) is -0.307. The maximum atomic E-state index is 13.6. The van der Waals surface area contributed by atoms with Gasteiger partial charge in [0.2, 0.25) is 0 Å². The Balaban J connectivity index is 1.82. The van der Waals surface area contributed by atoms with Crippen LogP contribution in [0.1, 0.15) is 5.56 Å². The molecule has 0 saturated heterocycles. The van der Waals surface area contributed by atoms with Gasteiger partial charge in [-0.05, 0) is 36.4 Å². The summed E-state index contributed by atoms with van der Waals surface area (Å²) in [6.45, 7) is 0.312. The lowest BCUT2D eigenvalue weighted by Crippen LogP contribution is -2.01. The normalized spacial score (nSPS) is 10.9. The molecule has 0 unspecified atom stereocenters. The van der Waals surface area contributed by atoms with Crippen molar-refractivity contribution in [1.82, 2.24) is 9.97 Å². The SMILES string of the molecule is O=c1[nH]c2ccc(NCc3cc(Cl)ccc3F)cc2[nH]1. The van der Waals surface area contributed by atoms with Crippen molar-refractivity contribution in [1.29, 1.82) is 0 Å². The van der Waals surface area contributed by atoms with Crippen molar-refractivity contribution in [3.63, 3.8) is 0 Å². The number of hydrogen-bond acceptors (Lipinski definition) is 2. The molecule has 0 saturated carbocycles. The summed E-state index contributed by atoms with van der Waals surface area (Å²) in [7, 11) is 0. The zero-order valence-corrected chi connectivity index (χ0v) is 11.1. The number of fused-ring (bicyclic) bond motifs is 1. The van der Waals surface area contributed by atoms with Gasteiger partial charge in [0, 0.05) is 22.8 Å². The fourth-order valence-corrected chi connectivity index (χ4v) is 2.21. The fourth-order valence-electron chi connectivity index (χ4n) is 2.02. The monoisotopic (exact) mass is 291 g/mol. The summed E-state index contributed by atoms with van der Waals surface area (Å²) >= 11 is 5.84. The van der Waals surface area contributed by atoms with Gasteiger partial charge >= 0.3 is 5.69 Å². The van der Waals surface area contributed by atoms with Crippen molar-refractivity contribution >= 4 is 28.3 Å². The van der Waals surface area contributed by atoms with Crippen LogP contribution in [0.5, 0.6) is 0 Å². The van der Waals surface area contributed by atoms with E-state index in [0.29, 0.717) is 22.6 Å². The molecule has 3 aromatic rings. The lowest BCUT2D eigenvalue weighted by atomic mass is 10.2. The van der Waals surface area contributed by atoms with E-state index in [-0.39, 0.29) is 11.5 Å². The largest absolute Gasteiger partial charge is 0.381 e. The number of H-pyrrole nitrogens is 2. The zero-order valence-electron chi connectivity index (χ0n) is 10.3. The van der Waals surface area contributed by atoms with Crippen LogP contribution >= 0.6 is 11.6 Å². The highest BCUT2D eigenvalue weighted by Gasteiger charge is 2.04. The average Bonchev–Trinajstić information content (AvgIpc) is 2.79. The Morgan fingerprint density at radius 3 is 2.75 bits per heavy atom. The first-order chi connectivity index (χ1) is 9.61. The number of hydrogen-bond donors (Lipinski definition) is 3. The highest BCUT2D eigenvalue weighted by molar-refractivity contribution is 6.30. The van der Waals surface area contributed by atoms with Gasteiger partial charge < -0.3 is 15.3 Å². The Morgan fingerprint density at radius 1 is 1.10 bits per heavy atom. The van der Waals surface area contributed by atoms with Gasteiger partial charge in [-0.15, -0.1) is 0 Å². The van der Waals surface area contributed by atoms with Crippen molar-refractivity contribution in [2.45, 2.75) is 6.54 Å². The molecule has 0 radical (unpaired) electrons. The highest BCUT2D eigenvalue weighted by atomic mass is 35.5. The number of benzene rings is 2. The van der Waals surface area contributed by atoms with Crippen molar-refractivity contribution in [2.24, 2.45) is 0 Å². The van der Waals surface area contributed by atoms with Crippen LogP contribution < -0.4 is 11.0 Å². The van der Waals surface area contributed by atoms with Crippen LogP contribution in [0.25, 0.3) is 11.0 Å². The summed E-state index contributed by atoms with van der Waals surface area (Å²) in [4.78, 5) is 16.5. The van der Waals surface area contributed by atoms with Crippen molar-refractivity contribution in [2.75, 3.05) is 5.32 Å². The second-order valence-corrected chi connectivity index (χ2v) is 4.87. The molecular formula is C14H11ClFN3O. The van der Waals surface area contributed by atoms with Gasteiger partial charge in [-0.25, -0.2) is 9.18 Å². The van der Waals surface area contributed by atoms with Gasteiger partial charge in [-0.2, -0.15) is 0 Å². The Hall–Kier alpha value is -2.27. The number of imidazole rings is 1. The van der Waals surface area contributed by atoms with E-state index >= 15 is 0 Å². The lowest BCUT2D eigenvalue weighted by molar-refractivity contribution is 0.613. The van der Waals surface area contributed by atoms with E-state index < -0.39 is 0 Å². The van der Waals surface area contributed by atoms with Crippen LogP contribution in [0.2, 0.25) is 5.02 Å². The molecule has 0 aliphatic heterocycles. The minimum atomic E-state index is -0.307. The van der Waals surface area contributed by atoms with Crippen molar-refractivity contribution < 1.29 is 4.39 Å². The fraction of sp³-hybridized carbons (Fsp3) is 0.0714. The van der Waals surface area contributed by atoms with Gasteiger partial charge in [0.05, 0.1) is 11.0 Å². The van der Waals surface area contributed by atoms with E-state index in [9.17, 15) is 9.18 Å². The number of aromatic amines is 2. The van der Waals surface area contributed by atoms with Crippen LogP contribution in [0.15, 0.2) is 41.2 Å². The van der Waals surface area contributed by atoms with Crippen LogP contribution in [0.3, 0.4) is 0 Å². The summed E-state index contributed by atoms with van der Waals surface area (Å²) in [6.07, 6.45) is 0. The topological polar surface area (TPSA) is 60.7 Å². The molecular weight excluding hydrogens is 281 g/mol. The zero-order chi connectivity index (χ0) is 14.1. The van der Waals surface area contributed by atoms with Gasteiger partial charge in [-0.3, -0.25) is 0 Å². The third-order valence-electron chi connectivity index (χ3n) is 3.01. The summed E-state index contributed by atoms with van der Waals surface area (Å²) in [5.41, 5.74) is 2.45. The number of rotatable bonds is 3. The molecule has 2 aromatic carbocycles. The van der Waals surface area contributed by atoms with Crippen LogP contribution in [0, 0.1) is 5.82 Å². The molecule has 0 amide bonds. The minimum absolute atomic E-state index is 0.252. The molecule has 3 N–H and O–H groups in total. The summed E-state index contributed by atoms with van der Waals surface area (Å²) in [6, 6.07) is 9.82. The molecule has 1 aromatic heterocycles. The standard InChI is InChI=1S/C14H11ClFN3O/c15-9-1-3-11(16)8(5-9)7-17-10-2-4-12-13(6-10)19-14(20)18-12/h1-6,17H,7H2,(H2,18,19,20). The van der Waals surface area contributed by atoms with Crippen molar-refractivity contribution in [3.05, 3.63) is 63.3 Å². The van der Waals surface area contributed by atoms with Gasteiger partial charge in [0.15, 0.2) is 0 Å². The first kappa shape index (κ1) is 12.7. The van der Waals surface area contributed by atoms with E-state index in [1.165, 1.54) is 12.1 Å². The minimum Gasteiger partial charge on any atom is -0.381 e. The first-order valence-electron chi connectivity index (χ1n) is 6.02. The molecule has 20 heavy (non-hydrogen) atoms. The third kappa shape index (κ3) is 2.53. The van der Waals surface area contributed by atoms with E-state index in [2.05, 4.69) is 15.3 Å². The molecule has 0 fully saturated rings. The summed E-state index contributed by atoms with van der Waals surface area (Å²) < 4.78 is 13.6. The maximum absolute atomic E-state index is 13.6. The van der Waals surface area contributed by atoms with Gasteiger partial charge in [-0.1, -0.05) is 11.6 Å². The molecule has 0 bridgehead atoms.